The van der Waals surface area contributed by atoms with Crippen LogP contribution in [0.2, 0.25) is 0 Å². The van der Waals surface area contributed by atoms with Gasteiger partial charge in [0.1, 0.15) is 0 Å². The molecular formula is C17H33NO. The second-order valence-corrected chi connectivity index (χ2v) is 7.28. The van der Waals surface area contributed by atoms with Gasteiger partial charge in [-0.1, -0.05) is 40.0 Å². The molecule has 112 valence electrons. The fourth-order valence-electron chi connectivity index (χ4n) is 3.55. The molecule has 0 saturated heterocycles. The van der Waals surface area contributed by atoms with Gasteiger partial charge >= 0.3 is 0 Å². The van der Waals surface area contributed by atoms with Crippen LogP contribution in [-0.2, 0) is 4.74 Å². The zero-order chi connectivity index (χ0) is 13.7. The average Bonchev–Trinajstić information content (AvgIpc) is 2.41. The highest BCUT2D eigenvalue weighted by Crippen LogP contribution is 2.37. The Hall–Kier alpha value is -0.0800. The van der Waals surface area contributed by atoms with Gasteiger partial charge in [0, 0.05) is 12.6 Å². The average molecular weight is 267 g/mol. The third-order valence-corrected chi connectivity index (χ3v) is 4.99. The van der Waals surface area contributed by atoms with Gasteiger partial charge in [-0.25, -0.2) is 0 Å². The Kier molecular flexibility index (Phi) is 5.70. The Balaban J connectivity index is 1.92. The van der Waals surface area contributed by atoms with Gasteiger partial charge in [-0.15, -0.1) is 0 Å². The third kappa shape index (κ3) is 4.75. The number of ether oxygens (including phenoxy) is 1. The molecule has 0 aromatic carbocycles. The molecule has 2 heteroatoms. The largest absolute Gasteiger partial charge is 0.370 e. The van der Waals surface area contributed by atoms with E-state index in [4.69, 9.17) is 4.74 Å². The SMILES string of the molecule is CC1CCC(CNC(C)C)(OC2CCCCC2)CC1. The molecule has 0 atom stereocenters. The van der Waals surface area contributed by atoms with Crippen molar-refractivity contribution in [3.63, 3.8) is 0 Å². The maximum atomic E-state index is 6.66. The van der Waals surface area contributed by atoms with E-state index in [1.165, 1.54) is 57.8 Å². The maximum absolute atomic E-state index is 6.66. The van der Waals surface area contributed by atoms with Crippen molar-refractivity contribution in [2.45, 2.75) is 96.3 Å². The standard InChI is InChI=1S/C17H33NO/c1-14(2)18-13-17(11-9-15(3)10-12-17)19-16-7-5-4-6-8-16/h14-16,18H,4-13H2,1-3H3. The minimum Gasteiger partial charge on any atom is -0.370 e. The molecule has 0 amide bonds. The van der Waals surface area contributed by atoms with Crippen LogP contribution in [0, 0.1) is 5.92 Å². The molecule has 0 heterocycles. The molecule has 0 aromatic heterocycles. The lowest BCUT2D eigenvalue weighted by Gasteiger charge is -2.43. The van der Waals surface area contributed by atoms with Crippen LogP contribution in [0.25, 0.3) is 0 Å². The Morgan fingerprint density at radius 1 is 1.05 bits per heavy atom. The van der Waals surface area contributed by atoms with Crippen molar-refractivity contribution in [2.24, 2.45) is 5.92 Å². The van der Waals surface area contributed by atoms with Gasteiger partial charge in [0.05, 0.1) is 11.7 Å². The van der Waals surface area contributed by atoms with Crippen molar-refractivity contribution < 1.29 is 4.74 Å². The summed E-state index contributed by atoms with van der Waals surface area (Å²) in [5, 5.41) is 3.64. The quantitative estimate of drug-likeness (QED) is 0.802. The lowest BCUT2D eigenvalue weighted by atomic mass is 9.78. The zero-order valence-corrected chi connectivity index (χ0v) is 13.2. The molecule has 2 fully saturated rings. The van der Waals surface area contributed by atoms with Crippen molar-refractivity contribution in [3.05, 3.63) is 0 Å². The highest BCUT2D eigenvalue weighted by Gasteiger charge is 2.37. The summed E-state index contributed by atoms with van der Waals surface area (Å²) in [4.78, 5) is 0. The molecule has 2 aliphatic rings. The minimum absolute atomic E-state index is 0.138. The number of nitrogens with one attached hydrogen (secondary N) is 1. The Bertz CT molecular complexity index is 250. The summed E-state index contributed by atoms with van der Waals surface area (Å²) in [6.45, 7) is 7.91. The molecule has 0 aliphatic heterocycles. The number of hydrogen-bond acceptors (Lipinski definition) is 2. The van der Waals surface area contributed by atoms with E-state index in [1.54, 1.807) is 0 Å². The Morgan fingerprint density at radius 3 is 2.26 bits per heavy atom. The lowest BCUT2D eigenvalue weighted by Crippen LogP contribution is -2.49. The molecule has 1 N–H and O–H groups in total. The fraction of sp³-hybridized carbons (Fsp3) is 1.00. The van der Waals surface area contributed by atoms with Crippen molar-refractivity contribution in [1.29, 1.82) is 0 Å². The van der Waals surface area contributed by atoms with Crippen LogP contribution < -0.4 is 5.32 Å². The summed E-state index contributed by atoms with van der Waals surface area (Å²) in [5.41, 5.74) is 0.138. The van der Waals surface area contributed by atoms with Crippen LogP contribution in [0.15, 0.2) is 0 Å². The molecule has 2 aliphatic carbocycles. The van der Waals surface area contributed by atoms with Crippen LogP contribution in [0.4, 0.5) is 0 Å². The monoisotopic (exact) mass is 267 g/mol. The molecule has 19 heavy (non-hydrogen) atoms. The van der Waals surface area contributed by atoms with E-state index in [9.17, 15) is 0 Å². The van der Waals surface area contributed by atoms with E-state index in [-0.39, 0.29) is 5.60 Å². The molecule has 2 rings (SSSR count). The maximum Gasteiger partial charge on any atom is 0.0810 e. The predicted octanol–water partition coefficient (Wildman–Crippen LogP) is 4.28. The van der Waals surface area contributed by atoms with E-state index in [1.807, 2.05) is 0 Å². The van der Waals surface area contributed by atoms with E-state index in [0.717, 1.165) is 12.5 Å². The third-order valence-electron chi connectivity index (χ3n) is 4.99. The summed E-state index contributed by atoms with van der Waals surface area (Å²) in [7, 11) is 0. The van der Waals surface area contributed by atoms with Gasteiger partial charge in [-0.3, -0.25) is 0 Å². The van der Waals surface area contributed by atoms with Crippen LogP contribution in [-0.4, -0.2) is 24.3 Å². The molecule has 2 nitrogen and oxygen atoms in total. The summed E-state index contributed by atoms with van der Waals surface area (Å²) >= 11 is 0. The van der Waals surface area contributed by atoms with Gasteiger partial charge < -0.3 is 10.1 Å². The summed E-state index contributed by atoms with van der Waals surface area (Å²) in [5.74, 6) is 0.891. The van der Waals surface area contributed by atoms with Crippen molar-refractivity contribution in [2.75, 3.05) is 6.54 Å². The predicted molar refractivity (Wildman–Crippen MR) is 81.5 cm³/mol. The normalized spacial score (nSPS) is 33.8. The first-order chi connectivity index (χ1) is 9.10. The molecule has 0 unspecified atom stereocenters. The fourth-order valence-corrected chi connectivity index (χ4v) is 3.55. The number of hydrogen-bond donors (Lipinski definition) is 1. The molecule has 2 saturated carbocycles. The molecule has 0 aromatic rings. The first-order valence-electron chi connectivity index (χ1n) is 8.51. The van der Waals surface area contributed by atoms with Crippen molar-refractivity contribution in [3.8, 4) is 0 Å². The van der Waals surface area contributed by atoms with Crippen LogP contribution >= 0.6 is 0 Å². The van der Waals surface area contributed by atoms with Crippen molar-refractivity contribution in [1.82, 2.24) is 5.32 Å². The lowest BCUT2D eigenvalue weighted by molar-refractivity contribution is -0.127. The van der Waals surface area contributed by atoms with Gasteiger partial charge in [0.15, 0.2) is 0 Å². The minimum atomic E-state index is 0.138. The Labute approximate surface area is 119 Å². The van der Waals surface area contributed by atoms with E-state index in [0.29, 0.717) is 12.1 Å². The van der Waals surface area contributed by atoms with Crippen molar-refractivity contribution >= 4 is 0 Å². The number of rotatable bonds is 5. The van der Waals surface area contributed by atoms with E-state index in [2.05, 4.69) is 26.1 Å². The summed E-state index contributed by atoms with van der Waals surface area (Å²) in [6, 6.07) is 0.561. The Morgan fingerprint density at radius 2 is 1.68 bits per heavy atom. The second-order valence-electron chi connectivity index (χ2n) is 7.28. The smallest absolute Gasteiger partial charge is 0.0810 e. The molecular weight excluding hydrogens is 234 g/mol. The van der Waals surface area contributed by atoms with E-state index < -0.39 is 0 Å². The topological polar surface area (TPSA) is 21.3 Å². The zero-order valence-electron chi connectivity index (χ0n) is 13.2. The summed E-state index contributed by atoms with van der Waals surface area (Å²) in [6.07, 6.45) is 12.5. The van der Waals surface area contributed by atoms with Gasteiger partial charge in [0.2, 0.25) is 0 Å². The van der Waals surface area contributed by atoms with Gasteiger partial charge in [-0.2, -0.15) is 0 Å². The first-order valence-corrected chi connectivity index (χ1v) is 8.51. The summed E-state index contributed by atoms with van der Waals surface area (Å²) < 4.78 is 6.66. The van der Waals surface area contributed by atoms with Gasteiger partial charge in [-0.05, 0) is 44.4 Å². The van der Waals surface area contributed by atoms with Crippen LogP contribution in [0.3, 0.4) is 0 Å². The highest BCUT2D eigenvalue weighted by molar-refractivity contribution is 4.90. The highest BCUT2D eigenvalue weighted by atomic mass is 16.5. The van der Waals surface area contributed by atoms with Crippen LogP contribution in [0.1, 0.15) is 78.6 Å². The van der Waals surface area contributed by atoms with Gasteiger partial charge in [0.25, 0.3) is 0 Å². The second kappa shape index (κ2) is 7.08. The molecule has 0 radical (unpaired) electrons. The molecule has 0 bridgehead atoms. The first kappa shape index (κ1) is 15.3. The van der Waals surface area contributed by atoms with E-state index >= 15 is 0 Å². The molecule has 0 spiro atoms. The van der Waals surface area contributed by atoms with Crippen LogP contribution in [0.5, 0.6) is 0 Å².